The average molecular weight is 161 g/mol. The number of aromatic nitrogens is 2. The molecular weight excluding hydrogens is 152 g/mol. The number of aromatic amines is 1. The fourth-order valence-electron chi connectivity index (χ4n) is 0.739. The summed E-state index contributed by atoms with van der Waals surface area (Å²) >= 11 is 0. The summed E-state index contributed by atoms with van der Waals surface area (Å²) in [7, 11) is 0. The summed E-state index contributed by atoms with van der Waals surface area (Å²) in [5, 5.41) is 0. The summed E-state index contributed by atoms with van der Waals surface area (Å²) in [5.74, 6) is 0. The SMILES string of the molecule is NC(Cc1cnc[nH]1)C(F)F. The van der Waals surface area contributed by atoms with Crippen molar-refractivity contribution < 1.29 is 8.78 Å². The number of H-pyrrole nitrogens is 1. The van der Waals surface area contributed by atoms with Crippen molar-refractivity contribution in [2.75, 3.05) is 0 Å². The van der Waals surface area contributed by atoms with E-state index < -0.39 is 12.5 Å². The Bertz CT molecular complexity index is 198. The number of nitrogens with one attached hydrogen (secondary N) is 1. The van der Waals surface area contributed by atoms with E-state index in [1.54, 1.807) is 0 Å². The monoisotopic (exact) mass is 161 g/mol. The molecule has 0 saturated carbocycles. The summed E-state index contributed by atoms with van der Waals surface area (Å²) < 4.78 is 23.7. The lowest BCUT2D eigenvalue weighted by Crippen LogP contribution is -2.30. The second kappa shape index (κ2) is 3.43. The highest BCUT2D eigenvalue weighted by atomic mass is 19.3. The van der Waals surface area contributed by atoms with Crippen molar-refractivity contribution in [2.45, 2.75) is 18.9 Å². The molecule has 0 aromatic carbocycles. The Morgan fingerprint density at radius 3 is 2.82 bits per heavy atom. The molecule has 0 fully saturated rings. The minimum Gasteiger partial charge on any atom is -0.348 e. The number of rotatable bonds is 3. The minimum absolute atomic E-state index is 0.137. The molecule has 1 unspecified atom stereocenters. The fraction of sp³-hybridized carbons (Fsp3) is 0.500. The molecule has 1 aromatic heterocycles. The van der Waals surface area contributed by atoms with Gasteiger partial charge in [0.1, 0.15) is 0 Å². The van der Waals surface area contributed by atoms with Crippen LogP contribution in [0.4, 0.5) is 8.78 Å². The number of nitrogens with zero attached hydrogens (tertiary/aromatic N) is 1. The van der Waals surface area contributed by atoms with E-state index in [1.807, 2.05) is 0 Å². The van der Waals surface area contributed by atoms with Gasteiger partial charge in [-0.25, -0.2) is 13.8 Å². The molecule has 0 amide bonds. The third kappa shape index (κ3) is 2.27. The van der Waals surface area contributed by atoms with Crippen LogP contribution in [0.25, 0.3) is 0 Å². The van der Waals surface area contributed by atoms with E-state index in [4.69, 9.17) is 5.73 Å². The van der Waals surface area contributed by atoms with Crippen LogP contribution in [-0.2, 0) is 6.42 Å². The van der Waals surface area contributed by atoms with E-state index in [2.05, 4.69) is 9.97 Å². The lowest BCUT2D eigenvalue weighted by Gasteiger charge is -2.07. The lowest BCUT2D eigenvalue weighted by molar-refractivity contribution is 0.115. The van der Waals surface area contributed by atoms with Crippen molar-refractivity contribution in [1.29, 1.82) is 0 Å². The number of hydrogen-bond donors (Lipinski definition) is 2. The zero-order valence-electron chi connectivity index (χ0n) is 5.80. The smallest absolute Gasteiger partial charge is 0.253 e. The van der Waals surface area contributed by atoms with Crippen molar-refractivity contribution in [1.82, 2.24) is 9.97 Å². The topological polar surface area (TPSA) is 54.7 Å². The van der Waals surface area contributed by atoms with Crippen LogP contribution in [0.5, 0.6) is 0 Å². The molecule has 0 spiro atoms. The summed E-state index contributed by atoms with van der Waals surface area (Å²) in [6, 6.07) is -1.10. The van der Waals surface area contributed by atoms with Gasteiger partial charge in [-0.15, -0.1) is 0 Å². The van der Waals surface area contributed by atoms with Gasteiger partial charge < -0.3 is 10.7 Å². The number of hydrogen-bond acceptors (Lipinski definition) is 2. The van der Waals surface area contributed by atoms with Crippen molar-refractivity contribution >= 4 is 0 Å². The van der Waals surface area contributed by atoms with Crippen molar-refractivity contribution in [2.24, 2.45) is 5.73 Å². The second-order valence-electron chi connectivity index (χ2n) is 2.28. The van der Waals surface area contributed by atoms with Crippen molar-refractivity contribution in [3.05, 3.63) is 18.2 Å². The Hall–Kier alpha value is -0.970. The second-order valence-corrected chi connectivity index (χ2v) is 2.28. The average Bonchev–Trinajstić information content (AvgIpc) is 2.39. The van der Waals surface area contributed by atoms with Gasteiger partial charge in [0.2, 0.25) is 0 Å². The normalized spacial score (nSPS) is 13.8. The molecule has 1 atom stereocenters. The van der Waals surface area contributed by atoms with Gasteiger partial charge in [0.25, 0.3) is 6.43 Å². The number of nitrogens with two attached hydrogens (primary N) is 1. The van der Waals surface area contributed by atoms with Crippen LogP contribution in [-0.4, -0.2) is 22.4 Å². The van der Waals surface area contributed by atoms with Crippen LogP contribution in [0.3, 0.4) is 0 Å². The molecule has 0 saturated heterocycles. The first kappa shape index (κ1) is 8.13. The maximum Gasteiger partial charge on any atom is 0.253 e. The third-order valence-electron chi connectivity index (χ3n) is 1.33. The predicted molar refractivity (Wildman–Crippen MR) is 36.3 cm³/mol. The summed E-state index contributed by atoms with van der Waals surface area (Å²) in [4.78, 5) is 6.38. The Kier molecular flexibility index (Phi) is 2.53. The molecule has 3 N–H and O–H groups in total. The molecule has 0 radical (unpaired) electrons. The zero-order valence-corrected chi connectivity index (χ0v) is 5.80. The Balaban J connectivity index is 2.43. The Labute approximate surface area is 62.6 Å². The number of alkyl halides is 2. The molecular formula is C6H9F2N3. The van der Waals surface area contributed by atoms with Gasteiger partial charge in [0.15, 0.2) is 0 Å². The maximum absolute atomic E-state index is 11.9. The molecule has 1 rings (SSSR count). The molecule has 0 bridgehead atoms. The highest BCUT2D eigenvalue weighted by molar-refractivity contribution is 4.97. The van der Waals surface area contributed by atoms with Gasteiger partial charge in [-0.1, -0.05) is 0 Å². The summed E-state index contributed by atoms with van der Waals surface area (Å²) in [6.07, 6.45) is 0.589. The molecule has 5 heteroatoms. The van der Waals surface area contributed by atoms with Crippen LogP contribution in [0.2, 0.25) is 0 Å². The molecule has 1 heterocycles. The molecule has 1 aromatic rings. The van der Waals surface area contributed by atoms with Gasteiger partial charge >= 0.3 is 0 Å². The van der Waals surface area contributed by atoms with E-state index in [0.29, 0.717) is 5.69 Å². The lowest BCUT2D eigenvalue weighted by atomic mass is 10.2. The van der Waals surface area contributed by atoms with Gasteiger partial charge in [-0.05, 0) is 0 Å². The molecule has 3 nitrogen and oxygen atoms in total. The van der Waals surface area contributed by atoms with Crippen molar-refractivity contribution in [3.63, 3.8) is 0 Å². The first-order chi connectivity index (χ1) is 5.20. The zero-order chi connectivity index (χ0) is 8.27. The highest BCUT2D eigenvalue weighted by Gasteiger charge is 2.15. The quantitative estimate of drug-likeness (QED) is 0.680. The van der Waals surface area contributed by atoms with Gasteiger partial charge in [0, 0.05) is 18.3 Å². The van der Waals surface area contributed by atoms with Crippen LogP contribution >= 0.6 is 0 Å². The fourth-order valence-corrected chi connectivity index (χ4v) is 0.739. The van der Waals surface area contributed by atoms with Gasteiger partial charge in [-0.2, -0.15) is 0 Å². The standard InChI is InChI=1S/C6H9F2N3/c7-6(8)5(9)1-4-2-10-3-11-4/h2-3,5-6H,1,9H2,(H,10,11). The molecule has 0 aliphatic carbocycles. The van der Waals surface area contributed by atoms with Crippen molar-refractivity contribution in [3.8, 4) is 0 Å². The first-order valence-corrected chi connectivity index (χ1v) is 3.21. The van der Waals surface area contributed by atoms with E-state index in [0.717, 1.165) is 0 Å². The Morgan fingerprint density at radius 1 is 1.64 bits per heavy atom. The maximum atomic E-state index is 11.9. The largest absolute Gasteiger partial charge is 0.348 e. The molecule has 0 aliphatic rings. The van der Waals surface area contributed by atoms with Crippen LogP contribution in [0.15, 0.2) is 12.5 Å². The van der Waals surface area contributed by atoms with Crippen LogP contribution in [0.1, 0.15) is 5.69 Å². The third-order valence-corrected chi connectivity index (χ3v) is 1.33. The predicted octanol–water partition coefficient (Wildman–Crippen LogP) is 0.545. The summed E-state index contributed by atoms with van der Waals surface area (Å²) in [5.41, 5.74) is 5.75. The van der Waals surface area contributed by atoms with E-state index >= 15 is 0 Å². The van der Waals surface area contributed by atoms with Crippen LogP contribution < -0.4 is 5.73 Å². The van der Waals surface area contributed by atoms with Crippen LogP contribution in [0, 0.1) is 0 Å². The van der Waals surface area contributed by atoms with E-state index in [1.165, 1.54) is 12.5 Å². The van der Waals surface area contributed by atoms with E-state index in [9.17, 15) is 8.78 Å². The Morgan fingerprint density at radius 2 is 2.36 bits per heavy atom. The van der Waals surface area contributed by atoms with E-state index in [-0.39, 0.29) is 6.42 Å². The number of halogens is 2. The minimum atomic E-state index is -2.47. The van der Waals surface area contributed by atoms with Gasteiger partial charge in [-0.3, -0.25) is 0 Å². The summed E-state index contributed by atoms with van der Waals surface area (Å²) in [6.45, 7) is 0. The van der Waals surface area contributed by atoms with Gasteiger partial charge in [0.05, 0.1) is 12.4 Å². The number of imidazole rings is 1. The molecule has 62 valence electrons. The molecule has 11 heavy (non-hydrogen) atoms. The molecule has 0 aliphatic heterocycles. The first-order valence-electron chi connectivity index (χ1n) is 3.21. The highest BCUT2D eigenvalue weighted by Crippen LogP contribution is 2.03.